The zero-order valence-electron chi connectivity index (χ0n) is 17.2. The van der Waals surface area contributed by atoms with Gasteiger partial charge in [0.1, 0.15) is 13.2 Å². The summed E-state index contributed by atoms with van der Waals surface area (Å²) in [5.74, 6) is -0.379. The fourth-order valence-electron chi connectivity index (χ4n) is 3.46. The minimum atomic E-state index is -0.756. The third kappa shape index (κ3) is 4.31. The van der Waals surface area contributed by atoms with E-state index < -0.39 is 23.6 Å². The molecule has 32 heavy (non-hydrogen) atoms. The molecule has 0 atom stereocenters. The van der Waals surface area contributed by atoms with Crippen LogP contribution >= 0.6 is 11.8 Å². The summed E-state index contributed by atoms with van der Waals surface area (Å²) < 4.78 is 11.6. The summed E-state index contributed by atoms with van der Waals surface area (Å²) in [5.41, 5.74) is 6.72. The Hall–Kier alpha value is -3.78. The number of hydrogen-bond acceptors (Lipinski definition) is 6. The maximum absolute atomic E-state index is 12.6. The molecule has 3 aromatic rings. The molecule has 0 aromatic heterocycles. The van der Waals surface area contributed by atoms with Gasteiger partial charge in [0.05, 0.1) is 12.0 Å². The highest BCUT2D eigenvalue weighted by molar-refractivity contribution is 8.18. The maximum Gasteiger partial charge on any atom is 0.294 e. The number of nitrogens with zero attached hydrogens (tertiary/aromatic N) is 1. The van der Waals surface area contributed by atoms with Gasteiger partial charge in [-0.15, -0.1) is 0 Å². The Kier molecular flexibility index (Phi) is 6.13. The van der Waals surface area contributed by atoms with Gasteiger partial charge in [-0.2, -0.15) is 0 Å². The van der Waals surface area contributed by atoms with Crippen molar-refractivity contribution in [2.24, 2.45) is 5.73 Å². The first-order valence-electron chi connectivity index (χ1n) is 9.78. The van der Waals surface area contributed by atoms with E-state index in [0.717, 1.165) is 33.0 Å². The molecule has 2 N–H and O–H groups in total. The lowest BCUT2D eigenvalue weighted by atomic mass is 10.1. The third-order valence-electron chi connectivity index (χ3n) is 4.96. The molecule has 1 fully saturated rings. The average Bonchev–Trinajstić information content (AvgIpc) is 3.05. The van der Waals surface area contributed by atoms with Crippen LogP contribution in [0.1, 0.15) is 11.1 Å². The second-order valence-corrected chi connectivity index (χ2v) is 8.03. The van der Waals surface area contributed by atoms with Crippen molar-refractivity contribution < 1.29 is 23.9 Å². The van der Waals surface area contributed by atoms with Crippen molar-refractivity contribution in [3.05, 3.63) is 76.7 Å². The number of hydrogen-bond donors (Lipinski definition) is 1. The SMILES string of the molecule is COc1cccc(/C=C2\SC(=O)N(CC(N)=O)C2=O)c1OCc1cccc2ccccc12. The molecule has 0 aliphatic carbocycles. The van der Waals surface area contributed by atoms with Gasteiger partial charge in [0.25, 0.3) is 11.1 Å². The van der Waals surface area contributed by atoms with Crippen molar-refractivity contribution in [1.29, 1.82) is 0 Å². The summed E-state index contributed by atoms with van der Waals surface area (Å²) in [6.07, 6.45) is 1.56. The van der Waals surface area contributed by atoms with Gasteiger partial charge in [-0.05, 0) is 40.2 Å². The molecule has 4 rings (SSSR count). The molecular weight excluding hydrogens is 428 g/mol. The number of ether oxygens (including phenoxy) is 2. The molecule has 1 saturated heterocycles. The number of primary amides is 1. The van der Waals surface area contributed by atoms with Gasteiger partial charge in [-0.1, -0.05) is 54.6 Å². The van der Waals surface area contributed by atoms with Gasteiger partial charge in [-0.3, -0.25) is 19.3 Å². The zero-order chi connectivity index (χ0) is 22.7. The fourth-order valence-corrected chi connectivity index (χ4v) is 4.29. The number of carbonyl (C=O) groups excluding carboxylic acids is 3. The monoisotopic (exact) mass is 448 g/mol. The van der Waals surface area contributed by atoms with Crippen LogP contribution in [0.2, 0.25) is 0 Å². The summed E-state index contributed by atoms with van der Waals surface area (Å²) in [7, 11) is 1.53. The van der Waals surface area contributed by atoms with Crippen LogP contribution in [0.25, 0.3) is 16.8 Å². The molecular formula is C24H20N2O5S. The Morgan fingerprint density at radius 1 is 1.06 bits per heavy atom. The van der Waals surface area contributed by atoms with Crippen LogP contribution in [0.4, 0.5) is 4.79 Å². The minimum absolute atomic E-state index is 0.180. The average molecular weight is 449 g/mol. The van der Waals surface area contributed by atoms with Crippen LogP contribution in [0.15, 0.2) is 65.6 Å². The van der Waals surface area contributed by atoms with E-state index in [-0.39, 0.29) is 11.5 Å². The highest BCUT2D eigenvalue weighted by Gasteiger charge is 2.36. The molecule has 7 nitrogen and oxygen atoms in total. The predicted molar refractivity (Wildman–Crippen MR) is 123 cm³/mol. The van der Waals surface area contributed by atoms with Crippen LogP contribution in [0, 0.1) is 0 Å². The third-order valence-corrected chi connectivity index (χ3v) is 5.86. The second kappa shape index (κ2) is 9.15. The van der Waals surface area contributed by atoms with Crippen LogP contribution in [0.5, 0.6) is 11.5 Å². The Morgan fingerprint density at radius 2 is 1.81 bits per heavy atom. The molecule has 3 amide bonds. The largest absolute Gasteiger partial charge is 0.493 e. The smallest absolute Gasteiger partial charge is 0.294 e. The zero-order valence-corrected chi connectivity index (χ0v) is 18.1. The first kappa shape index (κ1) is 21.5. The van der Waals surface area contributed by atoms with E-state index in [2.05, 4.69) is 0 Å². The molecule has 1 aliphatic heterocycles. The van der Waals surface area contributed by atoms with E-state index in [4.69, 9.17) is 15.2 Å². The van der Waals surface area contributed by atoms with Gasteiger partial charge in [0.2, 0.25) is 5.91 Å². The van der Waals surface area contributed by atoms with Gasteiger partial charge < -0.3 is 15.2 Å². The molecule has 0 bridgehead atoms. The fraction of sp³-hybridized carbons (Fsp3) is 0.125. The van der Waals surface area contributed by atoms with E-state index >= 15 is 0 Å². The normalized spacial score (nSPS) is 14.9. The summed E-state index contributed by atoms with van der Waals surface area (Å²) in [6, 6.07) is 19.3. The summed E-state index contributed by atoms with van der Waals surface area (Å²) in [6.45, 7) is -0.170. The minimum Gasteiger partial charge on any atom is -0.493 e. The van der Waals surface area contributed by atoms with Crippen molar-refractivity contribution in [3.8, 4) is 11.5 Å². The quantitative estimate of drug-likeness (QED) is 0.550. The van der Waals surface area contributed by atoms with E-state index in [1.54, 1.807) is 24.3 Å². The van der Waals surface area contributed by atoms with Crippen LogP contribution in [0.3, 0.4) is 0 Å². The Bertz CT molecular complexity index is 1250. The Balaban J connectivity index is 1.65. The first-order chi connectivity index (χ1) is 15.5. The number of para-hydroxylation sites is 1. The molecule has 0 saturated carbocycles. The number of methoxy groups -OCH3 is 1. The topological polar surface area (TPSA) is 98.9 Å². The van der Waals surface area contributed by atoms with Crippen LogP contribution in [-0.2, 0) is 16.2 Å². The number of imide groups is 1. The number of thioether (sulfide) groups is 1. The first-order valence-corrected chi connectivity index (χ1v) is 10.6. The highest BCUT2D eigenvalue weighted by atomic mass is 32.2. The molecule has 0 radical (unpaired) electrons. The lowest BCUT2D eigenvalue weighted by molar-refractivity contribution is -0.127. The van der Waals surface area contributed by atoms with E-state index in [1.165, 1.54) is 7.11 Å². The molecule has 8 heteroatoms. The van der Waals surface area contributed by atoms with Gasteiger partial charge in [0, 0.05) is 5.56 Å². The van der Waals surface area contributed by atoms with E-state index in [9.17, 15) is 14.4 Å². The van der Waals surface area contributed by atoms with Gasteiger partial charge >= 0.3 is 0 Å². The lowest BCUT2D eigenvalue weighted by Crippen LogP contribution is -2.36. The van der Waals surface area contributed by atoms with Crippen molar-refractivity contribution in [1.82, 2.24) is 4.90 Å². The van der Waals surface area contributed by atoms with Crippen molar-refractivity contribution in [2.45, 2.75) is 6.61 Å². The Morgan fingerprint density at radius 3 is 2.59 bits per heavy atom. The highest BCUT2D eigenvalue weighted by Crippen LogP contribution is 2.38. The number of nitrogens with two attached hydrogens (primary N) is 1. The molecule has 0 spiro atoms. The van der Waals surface area contributed by atoms with E-state index in [0.29, 0.717) is 17.1 Å². The summed E-state index contributed by atoms with van der Waals surface area (Å²) in [4.78, 5) is 36.9. The van der Waals surface area contributed by atoms with Crippen molar-refractivity contribution >= 4 is 45.7 Å². The van der Waals surface area contributed by atoms with Gasteiger partial charge in [-0.25, -0.2) is 0 Å². The summed E-state index contributed by atoms with van der Waals surface area (Å²) >= 11 is 0.752. The maximum atomic E-state index is 12.6. The lowest BCUT2D eigenvalue weighted by Gasteiger charge is -2.15. The number of rotatable bonds is 7. The van der Waals surface area contributed by atoms with Crippen molar-refractivity contribution in [2.75, 3.05) is 13.7 Å². The standard InChI is InChI=1S/C24H20N2O5S/c1-30-19-11-5-8-16(12-20-23(28)26(13-21(25)27)24(29)32-20)22(19)31-14-17-9-4-7-15-6-2-3-10-18(15)17/h2-12H,13-14H2,1H3,(H2,25,27)/b20-12-. The number of carbonyl (C=O) groups is 3. The second-order valence-electron chi connectivity index (χ2n) is 7.04. The summed E-state index contributed by atoms with van der Waals surface area (Å²) in [5, 5.41) is 1.65. The molecule has 3 aromatic carbocycles. The molecule has 0 unspecified atom stereocenters. The number of fused-ring (bicyclic) bond motifs is 1. The molecule has 162 valence electrons. The van der Waals surface area contributed by atoms with Gasteiger partial charge in [0.15, 0.2) is 11.5 Å². The molecule has 1 heterocycles. The number of benzene rings is 3. The predicted octanol–water partition coefficient (Wildman–Crippen LogP) is 3.95. The van der Waals surface area contributed by atoms with Crippen molar-refractivity contribution in [3.63, 3.8) is 0 Å². The van der Waals surface area contributed by atoms with Crippen LogP contribution in [-0.4, -0.2) is 35.6 Å². The van der Waals surface area contributed by atoms with Crippen LogP contribution < -0.4 is 15.2 Å². The molecule has 1 aliphatic rings. The van der Waals surface area contributed by atoms with E-state index in [1.807, 2.05) is 42.5 Å². The number of amides is 3. The Labute approximate surface area is 188 Å².